The van der Waals surface area contributed by atoms with Gasteiger partial charge < -0.3 is 9.47 Å². The molecule has 2 rings (SSSR count). The number of carbonyl (C=O) groups excluding carboxylic acids is 1. The van der Waals surface area contributed by atoms with Gasteiger partial charge in [0.05, 0.1) is 4.90 Å². The van der Waals surface area contributed by atoms with E-state index in [0.29, 0.717) is 5.75 Å². The van der Waals surface area contributed by atoms with Crippen LogP contribution in [0.15, 0.2) is 59.5 Å². The molecule has 0 heterocycles. The van der Waals surface area contributed by atoms with Gasteiger partial charge in [-0.25, -0.2) is 8.42 Å². The normalized spacial score (nSPS) is 12.4. The van der Waals surface area contributed by atoms with Crippen LogP contribution in [-0.4, -0.2) is 33.6 Å². The third-order valence-electron chi connectivity index (χ3n) is 3.32. The Hall–Kier alpha value is -2.38. The molecule has 25 heavy (non-hydrogen) atoms. The molecule has 0 radical (unpaired) electrons. The summed E-state index contributed by atoms with van der Waals surface area (Å²) in [6, 6.07) is 14.4. The summed E-state index contributed by atoms with van der Waals surface area (Å²) >= 11 is 0. The largest absolute Gasteiger partial charge is 0.490 e. The molecule has 0 saturated heterocycles. The van der Waals surface area contributed by atoms with Crippen molar-refractivity contribution in [3.8, 4) is 5.75 Å². The van der Waals surface area contributed by atoms with Crippen LogP contribution in [0, 0.1) is 6.92 Å². The van der Waals surface area contributed by atoms with Gasteiger partial charge in [0, 0.05) is 0 Å². The van der Waals surface area contributed by atoms with Gasteiger partial charge in [0.1, 0.15) is 25.0 Å². The van der Waals surface area contributed by atoms with Gasteiger partial charge in [-0.2, -0.15) is 4.72 Å². The lowest BCUT2D eigenvalue weighted by Crippen LogP contribution is -2.39. The fourth-order valence-corrected chi connectivity index (χ4v) is 3.29. The minimum atomic E-state index is -3.76. The zero-order valence-corrected chi connectivity index (χ0v) is 15.0. The number of nitrogens with one attached hydrogen (secondary N) is 1. The molecule has 0 saturated carbocycles. The van der Waals surface area contributed by atoms with Crippen molar-refractivity contribution in [3.63, 3.8) is 0 Å². The van der Waals surface area contributed by atoms with Crippen LogP contribution in [-0.2, 0) is 19.6 Å². The number of sulfonamides is 1. The van der Waals surface area contributed by atoms with Crippen LogP contribution >= 0.6 is 0 Å². The summed E-state index contributed by atoms with van der Waals surface area (Å²) in [5, 5.41) is 0. The number of hydrogen-bond acceptors (Lipinski definition) is 5. The van der Waals surface area contributed by atoms with Crippen molar-refractivity contribution in [2.24, 2.45) is 0 Å². The molecule has 1 N–H and O–H groups in total. The Morgan fingerprint density at radius 1 is 1.08 bits per heavy atom. The Morgan fingerprint density at radius 2 is 1.80 bits per heavy atom. The predicted molar refractivity (Wildman–Crippen MR) is 93.9 cm³/mol. The minimum Gasteiger partial charge on any atom is -0.490 e. The van der Waals surface area contributed by atoms with E-state index in [0.717, 1.165) is 5.56 Å². The second-order valence-electron chi connectivity index (χ2n) is 5.49. The quantitative estimate of drug-likeness (QED) is 0.575. The van der Waals surface area contributed by atoms with Crippen molar-refractivity contribution >= 4 is 16.0 Å². The summed E-state index contributed by atoms with van der Waals surface area (Å²) in [4.78, 5) is 12.0. The van der Waals surface area contributed by atoms with E-state index in [9.17, 15) is 13.2 Å². The summed E-state index contributed by atoms with van der Waals surface area (Å²) in [5.41, 5.74) is 1.07. The first-order valence-corrected chi connectivity index (χ1v) is 9.30. The molecule has 134 valence electrons. The number of ether oxygens (including phenoxy) is 2. The van der Waals surface area contributed by atoms with Crippen molar-refractivity contribution in [3.05, 3.63) is 60.2 Å². The Bertz CT molecular complexity index is 805. The molecule has 0 aliphatic carbocycles. The Morgan fingerprint density at radius 3 is 2.48 bits per heavy atom. The van der Waals surface area contributed by atoms with E-state index < -0.39 is 22.0 Å². The number of carbonyl (C=O) groups is 1. The standard InChI is InChI=1S/C18H21NO5S/c1-14-7-6-8-16(13-14)23-11-12-24-18(20)15(2)19-25(21,22)17-9-4-3-5-10-17/h3-10,13,15,19H,11-12H2,1-2H3/t15-/m0/s1. The summed E-state index contributed by atoms with van der Waals surface area (Å²) in [7, 11) is -3.76. The molecule has 0 fully saturated rings. The second-order valence-corrected chi connectivity index (χ2v) is 7.20. The van der Waals surface area contributed by atoms with E-state index in [-0.39, 0.29) is 18.1 Å². The molecule has 7 heteroatoms. The van der Waals surface area contributed by atoms with Crippen LogP contribution in [0.25, 0.3) is 0 Å². The number of rotatable bonds is 8. The zero-order chi connectivity index (χ0) is 18.3. The number of esters is 1. The highest BCUT2D eigenvalue weighted by Gasteiger charge is 2.22. The van der Waals surface area contributed by atoms with Crippen molar-refractivity contribution in [1.29, 1.82) is 0 Å². The molecule has 0 aliphatic rings. The van der Waals surface area contributed by atoms with Gasteiger partial charge in [0.25, 0.3) is 0 Å². The molecule has 0 aromatic heterocycles. The molecule has 0 amide bonds. The first-order valence-electron chi connectivity index (χ1n) is 7.82. The van der Waals surface area contributed by atoms with E-state index >= 15 is 0 Å². The van der Waals surface area contributed by atoms with Crippen LogP contribution in [0.1, 0.15) is 12.5 Å². The highest BCUT2D eigenvalue weighted by atomic mass is 32.2. The van der Waals surface area contributed by atoms with Crippen LogP contribution in [0.4, 0.5) is 0 Å². The van der Waals surface area contributed by atoms with Gasteiger partial charge in [-0.05, 0) is 43.7 Å². The number of aryl methyl sites for hydroxylation is 1. The molecular formula is C18H21NO5S. The summed E-state index contributed by atoms with van der Waals surface area (Å²) in [5.74, 6) is 0.0289. The lowest BCUT2D eigenvalue weighted by atomic mass is 10.2. The molecule has 0 aliphatic heterocycles. The van der Waals surface area contributed by atoms with Gasteiger partial charge in [-0.1, -0.05) is 30.3 Å². The van der Waals surface area contributed by atoms with Gasteiger partial charge in [0.15, 0.2) is 0 Å². The summed E-state index contributed by atoms with van der Waals surface area (Å²) in [6.45, 7) is 3.61. The average Bonchev–Trinajstić information content (AvgIpc) is 2.59. The molecule has 2 aromatic carbocycles. The van der Waals surface area contributed by atoms with Gasteiger partial charge in [0.2, 0.25) is 10.0 Å². The topological polar surface area (TPSA) is 81.7 Å². The maximum Gasteiger partial charge on any atom is 0.324 e. The average molecular weight is 363 g/mol. The molecule has 2 aromatic rings. The fourth-order valence-electron chi connectivity index (χ4n) is 2.08. The first-order chi connectivity index (χ1) is 11.9. The minimum absolute atomic E-state index is 0.0319. The highest BCUT2D eigenvalue weighted by molar-refractivity contribution is 7.89. The predicted octanol–water partition coefficient (Wildman–Crippen LogP) is 2.28. The van der Waals surface area contributed by atoms with Gasteiger partial charge >= 0.3 is 5.97 Å². The highest BCUT2D eigenvalue weighted by Crippen LogP contribution is 2.12. The Balaban J connectivity index is 1.78. The SMILES string of the molecule is Cc1cccc(OCCOC(=O)[C@H](C)NS(=O)(=O)c2ccccc2)c1. The van der Waals surface area contributed by atoms with Crippen LogP contribution in [0.5, 0.6) is 5.75 Å². The summed E-state index contributed by atoms with van der Waals surface area (Å²) < 4.78 is 37.1. The van der Waals surface area contributed by atoms with E-state index in [1.807, 2.05) is 31.2 Å². The van der Waals surface area contributed by atoms with Gasteiger partial charge in [-0.3, -0.25) is 4.79 Å². The monoisotopic (exact) mass is 363 g/mol. The van der Waals surface area contributed by atoms with Crippen molar-refractivity contribution in [2.45, 2.75) is 24.8 Å². The van der Waals surface area contributed by atoms with Crippen molar-refractivity contribution in [1.82, 2.24) is 4.72 Å². The molecular weight excluding hydrogens is 342 g/mol. The number of hydrogen-bond donors (Lipinski definition) is 1. The maximum atomic E-state index is 12.2. The molecule has 6 nitrogen and oxygen atoms in total. The Labute approximate surface area is 147 Å². The Kier molecular flexibility index (Phi) is 6.55. The molecule has 0 bridgehead atoms. The lowest BCUT2D eigenvalue weighted by Gasteiger charge is -2.14. The van der Waals surface area contributed by atoms with Crippen molar-refractivity contribution < 1.29 is 22.7 Å². The van der Waals surface area contributed by atoms with Crippen LogP contribution in [0.2, 0.25) is 0 Å². The molecule has 1 atom stereocenters. The van der Waals surface area contributed by atoms with E-state index in [4.69, 9.17) is 9.47 Å². The fraction of sp³-hybridized carbons (Fsp3) is 0.278. The lowest BCUT2D eigenvalue weighted by molar-refractivity contribution is -0.145. The summed E-state index contributed by atoms with van der Waals surface area (Å²) in [6.07, 6.45) is 0. The second kappa shape index (κ2) is 8.64. The third kappa shape index (κ3) is 5.88. The van der Waals surface area contributed by atoms with Crippen LogP contribution < -0.4 is 9.46 Å². The van der Waals surface area contributed by atoms with Crippen LogP contribution in [0.3, 0.4) is 0 Å². The zero-order valence-electron chi connectivity index (χ0n) is 14.1. The molecule has 0 unspecified atom stereocenters. The first kappa shape index (κ1) is 19.0. The van der Waals surface area contributed by atoms with Crippen molar-refractivity contribution in [2.75, 3.05) is 13.2 Å². The molecule has 0 spiro atoms. The third-order valence-corrected chi connectivity index (χ3v) is 4.88. The smallest absolute Gasteiger partial charge is 0.324 e. The van der Waals surface area contributed by atoms with Gasteiger partial charge in [-0.15, -0.1) is 0 Å². The van der Waals surface area contributed by atoms with E-state index in [2.05, 4.69) is 4.72 Å². The van der Waals surface area contributed by atoms with E-state index in [1.54, 1.807) is 18.2 Å². The number of benzene rings is 2. The van der Waals surface area contributed by atoms with E-state index in [1.165, 1.54) is 19.1 Å². The maximum absolute atomic E-state index is 12.2.